The predicted molar refractivity (Wildman–Crippen MR) is 66.9 cm³/mol. The van der Waals surface area contributed by atoms with Crippen molar-refractivity contribution in [3.8, 4) is 11.5 Å². The van der Waals surface area contributed by atoms with Crippen molar-refractivity contribution in [2.24, 2.45) is 0 Å². The maximum atomic E-state index is 11.5. The molecule has 5 nitrogen and oxygen atoms in total. The van der Waals surface area contributed by atoms with Crippen LogP contribution in [0.1, 0.15) is 18.1 Å². The third-order valence-electron chi connectivity index (χ3n) is 2.55. The minimum atomic E-state index is -0.371. The molecular weight excluding hydrogens is 232 g/mol. The van der Waals surface area contributed by atoms with E-state index in [0.717, 1.165) is 11.3 Å². The highest BCUT2D eigenvalue weighted by Crippen LogP contribution is 2.17. The van der Waals surface area contributed by atoms with Crippen LogP contribution in [0.15, 0.2) is 35.3 Å². The van der Waals surface area contributed by atoms with E-state index in [9.17, 15) is 9.90 Å². The van der Waals surface area contributed by atoms with Crippen LogP contribution >= 0.6 is 0 Å². The Morgan fingerprint density at radius 1 is 1.33 bits per heavy atom. The van der Waals surface area contributed by atoms with Gasteiger partial charge in [-0.2, -0.15) is 5.10 Å². The highest BCUT2D eigenvalue weighted by molar-refractivity contribution is 5.35. The number of aromatic hydroxyl groups is 1. The van der Waals surface area contributed by atoms with E-state index in [1.807, 2.05) is 31.2 Å². The van der Waals surface area contributed by atoms with Crippen molar-refractivity contribution in [3.63, 3.8) is 0 Å². The van der Waals surface area contributed by atoms with Crippen molar-refractivity contribution in [2.45, 2.75) is 13.3 Å². The smallest absolute Gasteiger partial charge is 0.271 e. The van der Waals surface area contributed by atoms with Gasteiger partial charge in [0.25, 0.3) is 5.56 Å². The molecule has 1 aromatic heterocycles. The second-order valence-electron chi connectivity index (χ2n) is 3.82. The average molecular weight is 246 g/mol. The molecule has 0 aliphatic heterocycles. The molecule has 2 rings (SSSR count). The molecule has 2 aromatic rings. The normalized spacial score (nSPS) is 10.3. The largest absolute Gasteiger partial charge is 0.506 e. The van der Waals surface area contributed by atoms with Crippen LogP contribution in [0.4, 0.5) is 0 Å². The number of hydrogen-bond donors (Lipinski definition) is 2. The van der Waals surface area contributed by atoms with Gasteiger partial charge in [0.2, 0.25) is 0 Å². The Morgan fingerprint density at radius 2 is 2.06 bits per heavy atom. The quantitative estimate of drug-likeness (QED) is 0.856. The first-order valence-corrected chi connectivity index (χ1v) is 5.68. The van der Waals surface area contributed by atoms with E-state index < -0.39 is 0 Å². The van der Waals surface area contributed by atoms with Gasteiger partial charge in [0, 0.05) is 6.42 Å². The van der Waals surface area contributed by atoms with Crippen molar-refractivity contribution < 1.29 is 9.84 Å². The SMILES string of the molecule is CCOc1ccc(Cc2c(O)cn[nH]c2=O)cc1. The van der Waals surface area contributed by atoms with E-state index in [-0.39, 0.29) is 11.3 Å². The molecule has 1 heterocycles. The first-order chi connectivity index (χ1) is 8.70. The monoisotopic (exact) mass is 246 g/mol. The average Bonchev–Trinajstić information content (AvgIpc) is 2.36. The standard InChI is InChI=1S/C13H14N2O3/c1-2-18-10-5-3-9(4-6-10)7-11-12(16)8-14-15-13(11)17/h3-6,8H,2,7H2,1H3,(H2,15,16,17). The molecule has 0 aliphatic carbocycles. The second kappa shape index (κ2) is 5.35. The summed E-state index contributed by atoms with van der Waals surface area (Å²) in [5, 5.41) is 15.4. The molecule has 0 atom stereocenters. The van der Waals surface area contributed by atoms with Gasteiger partial charge in [-0.3, -0.25) is 4.79 Å². The molecule has 0 radical (unpaired) electrons. The van der Waals surface area contributed by atoms with Crippen molar-refractivity contribution >= 4 is 0 Å². The Kier molecular flexibility index (Phi) is 3.62. The minimum Gasteiger partial charge on any atom is -0.506 e. The van der Waals surface area contributed by atoms with Crippen molar-refractivity contribution in [1.82, 2.24) is 10.2 Å². The maximum Gasteiger partial charge on any atom is 0.271 e. The number of H-pyrrole nitrogens is 1. The molecule has 0 unspecified atom stereocenters. The van der Waals surface area contributed by atoms with Crippen molar-refractivity contribution in [2.75, 3.05) is 6.61 Å². The lowest BCUT2D eigenvalue weighted by atomic mass is 10.1. The number of nitrogens with one attached hydrogen (secondary N) is 1. The second-order valence-corrected chi connectivity index (χ2v) is 3.82. The summed E-state index contributed by atoms with van der Waals surface area (Å²) in [6, 6.07) is 7.41. The number of aromatic nitrogens is 2. The number of benzene rings is 1. The van der Waals surface area contributed by atoms with E-state index >= 15 is 0 Å². The maximum absolute atomic E-state index is 11.5. The van der Waals surface area contributed by atoms with Gasteiger partial charge in [-0.05, 0) is 24.6 Å². The summed E-state index contributed by atoms with van der Waals surface area (Å²) in [4.78, 5) is 11.5. The lowest BCUT2D eigenvalue weighted by Gasteiger charge is -2.05. The van der Waals surface area contributed by atoms with Gasteiger partial charge in [-0.1, -0.05) is 12.1 Å². The fraction of sp³-hybridized carbons (Fsp3) is 0.231. The third kappa shape index (κ3) is 2.68. The summed E-state index contributed by atoms with van der Waals surface area (Å²) in [6.45, 7) is 2.53. The van der Waals surface area contributed by atoms with Crippen LogP contribution in [0.3, 0.4) is 0 Å². The Hall–Kier alpha value is -2.30. The number of aromatic amines is 1. The molecule has 0 saturated carbocycles. The first-order valence-electron chi connectivity index (χ1n) is 5.68. The summed E-state index contributed by atoms with van der Waals surface area (Å²) in [5.74, 6) is 0.696. The number of rotatable bonds is 4. The van der Waals surface area contributed by atoms with E-state index in [1.54, 1.807) is 0 Å². The van der Waals surface area contributed by atoms with Gasteiger partial charge in [0.1, 0.15) is 11.5 Å². The molecule has 0 fully saturated rings. The molecule has 1 aromatic carbocycles. The molecule has 0 spiro atoms. The van der Waals surface area contributed by atoms with E-state index in [4.69, 9.17) is 4.74 Å². The Morgan fingerprint density at radius 3 is 2.67 bits per heavy atom. The summed E-state index contributed by atoms with van der Waals surface area (Å²) in [7, 11) is 0. The zero-order valence-corrected chi connectivity index (χ0v) is 10.0. The molecule has 18 heavy (non-hydrogen) atoms. The predicted octanol–water partition coefficient (Wildman–Crippen LogP) is 1.46. The van der Waals surface area contributed by atoms with Crippen molar-refractivity contribution in [3.05, 3.63) is 51.9 Å². The van der Waals surface area contributed by atoms with Gasteiger partial charge in [-0.25, -0.2) is 5.10 Å². The van der Waals surface area contributed by atoms with Gasteiger partial charge in [-0.15, -0.1) is 0 Å². The van der Waals surface area contributed by atoms with Gasteiger partial charge >= 0.3 is 0 Å². The first kappa shape index (κ1) is 12.2. The lowest BCUT2D eigenvalue weighted by molar-refractivity contribution is 0.340. The zero-order valence-electron chi connectivity index (χ0n) is 10.0. The minimum absolute atomic E-state index is 0.0902. The Bertz CT molecular complexity index is 576. The van der Waals surface area contributed by atoms with Crippen LogP contribution in [-0.4, -0.2) is 21.9 Å². The molecule has 0 amide bonds. The van der Waals surface area contributed by atoms with Gasteiger partial charge in [0.15, 0.2) is 0 Å². The number of ether oxygens (including phenoxy) is 1. The Labute approximate surface area is 104 Å². The van der Waals surface area contributed by atoms with Crippen LogP contribution < -0.4 is 10.3 Å². The van der Waals surface area contributed by atoms with Gasteiger partial charge < -0.3 is 9.84 Å². The molecule has 5 heteroatoms. The molecule has 2 N–H and O–H groups in total. The third-order valence-corrected chi connectivity index (χ3v) is 2.55. The van der Waals surface area contributed by atoms with E-state index in [2.05, 4.69) is 10.2 Å². The van der Waals surface area contributed by atoms with Crippen LogP contribution in [0, 0.1) is 0 Å². The molecule has 0 bridgehead atoms. The summed E-state index contributed by atoms with van der Waals surface area (Å²) in [5.41, 5.74) is 0.864. The number of hydrogen-bond acceptors (Lipinski definition) is 4. The molecule has 0 saturated heterocycles. The number of nitrogens with zero attached hydrogens (tertiary/aromatic N) is 1. The van der Waals surface area contributed by atoms with Crippen LogP contribution in [0.25, 0.3) is 0 Å². The fourth-order valence-electron chi connectivity index (χ4n) is 1.66. The Balaban J connectivity index is 2.21. The highest BCUT2D eigenvalue weighted by atomic mass is 16.5. The summed E-state index contributed by atoms with van der Waals surface area (Å²) in [6.07, 6.45) is 1.58. The van der Waals surface area contributed by atoms with E-state index in [0.29, 0.717) is 18.6 Å². The molecular formula is C13H14N2O3. The zero-order chi connectivity index (χ0) is 13.0. The van der Waals surface area contributed by atoms with Crippen LogP contribution in [0.5, 0.6) is 11.5 Å². The van der Waals surface area contributed by atoms with Crippen LogP contribution in [-0.2, 0) is 6.42 Å². The molecule has 0 aliphatic rings. The van der Waals surface area contributed by atoms with Gasteiger partial charge in [0.05, 0.1) is 18.4 Å². The summed E-state index contributed by atoms with van der Waals surface area (Å²) >= 11 is 0. The van der Waals surface area contributed by atoms with Crippen molar-refractivity contribution in [1.29, 1.82) is 0 Å². The summed E-state index contributed by atoms with van der Waals surface area (Å²) < 4.78 is 5.33. The lowest BCUT2D eigenvalue weighted by Crippen LogP contribution is -2.14. The topological polar surface area (TPSA) is 75.2 Å². The van der Waals surface area contributed by atoms with E-state index in [1.165, 1.54) is 6.20 Å². The molecule has 94 valence electrons. The highest BCUT2D eigenvalue weighted by Gasteiger charge is 2.07. The fourth-order valence-corrected chi connectivity index (χ4v) is 1.66. The van der Waals surface area contributed by atoms with Crippen LogP contribution in [0.2, 0.25) is 0 Å².